The third kappa shape index (κ3) is 3.51. The van der Waals surface area contributed by atoms with Crippen molar-refractivity contribution in [3.05, 3.63) is 35.4 Å². The summed E-state index contributed by atoms with van der Waals surface area (Å²) in [5.74, 6) is -2.02. The van der Waals surface area contributed by atoms with Gasteiger partial charge in [0.25, 0.3) is 5.91 Å². The quantitative estimate of drug-likeness (QED) is 0.481. The Morgan fingerprint density at radius 3 is 2.82 bits per heavy atom. The molecular formula is C17H18N2O7S2. The Morgan fingerprint density at radius 1 is 1.50 bits per heavy atom. The number of nitrogens with one attached hydrogen (secondary N) is 1. The number of esters is 1. The molecule has 0 radical (unpaired) electrons. The molecule has 2 aliphatic heterocycles. The molecule has 28 heavy (non-hydrogen) atoms. The number of fused-ring (bicyclic) bond motifs is 1. The van der Waals surface area contributed by atoms with Gasteiger partial charge in [-0.2, -0.15) is 0 Å². The number of carbonyl (C=O) groups excluding carboxylic acids is 3. The van der Waals surface area contributed by atoms with Crippen LogP contribution in [0, 0.1) is 0 Å². The van der Waals surface area contributed by atoms with Crippen molar-refractivity contribution in [3.63, 3.8) is 0 Å². The maximum Gasteiger partial charge on any atom is 0.352 e. The van der Waals surface area contributed by atoms with E-state index in [4.69, 9.17) is 9.15 Å². The SMILES string of the molecule is CS[C@]12SCC(COC(C)=O)=C(C(=O)O)N1C(=O)C2NC(=O)Cc1ccco1. The largest absolute Gasteiger partial charge is 0.477 e. The standard InChI is InChI=1S/C17H18N2O7S2/c1-9(20)26-7-10-8-28-17(27-2)14(15(22)19(17)13(10)16(23)24)18-12(21)6-11-4-3-5-25-11/h3-5,14H,6-8H2,1-2H3,(H,18,21)(H,23,24)/t14?,17-/m1/s1. The average molecular weight is 426 g/mol. The van der Waals surface area contributed by atoms with Crippen LogP contribution in [0.3, 0.4) is 0 Å². The summed E-state index contributed by atoms with van der Waals surface area (Å²) in [6, 6.07) is 2.44. The lowest BCUT2D eigenvalue weighted by atomic mass is 10.0. The lowest BCUT2D eigenvalue weighted by Gasteiger charge is -2.57. The second-order valence-electron chi connectivity index (χ2n) is 6.09. The van der Waals surface area contributed by atoms with E-state index in [0.29, 0.717) is 11.3 Å². The molecule has 2 N–H and O–H groups in total. The molecule has 1 fully saturated rings. The molecule has 1 aromatic rings. The van der Waals surface area contributed by atoms with Gasteiger partial charge >= 0.3 is 11.9 Å². The van der Waals surface area contributed by atoms with Crippen molar-refractivity contribution < 1.29 is 33.4 Å². The van der Waals surface area contributed by atoms with E-state index in [0.717, 1.165) is 0 Å². The zero-order chi connectivity index (χ0) is 20.5. The molecule has 0 aromatic carbocycles. The van der Waals surface area contributed by atoms with Crippen molar-refractivity contribution in [3.8, 4) is 0 Å². The first-order valence-electron chi connectivity index (χ1n) is 8.23. The van der Waals surface area contributed by atoms with Gasteiger partial charge in [-0.15, -0.1) is 23.5 Å². The molecule has 1 saturated heterocycles. The molecule has 9 nitrogen and oxygen atoms in total. The van der Waals surface area contributed by atoms with E-state index in [-0.39, 0.29) is 24.5 Å². The number of β-lactam (4-membered cyclic amide) rings is 1. The number of ether oxygens (including phenoxy) is 1. The minimum absolute atomic E-state index is 0.0226. The summed E-state index contributed by atoms with van der Waals surface area (Å²) in [7, 11) is 0. The van der Waals surface area contributed by atoms with Crippen LogP contribution in [-0.2, 0) is 30.3 Å². The molecule has 150 valence electrons. The van der Waals surface area contributed by atoms with Gasteiger partial charge in [0.05, 0.1) is 12.7 Å². The van der Waals surface area contributed by atoms with E-state index in [9.17, 15) is 24.3 Å². The number of nitrogens with zero attached hydrogens (tertiary/aromatic N) is 1. The van der Waals surface area contributed by atoms with Crippen LogP contribution >= 0.6 is 23.5 Å². The Hall–Kier alpha value is -2.40. The summed E-state index contributed by atoms with van der Waals surface area (Å²) in [5, 5.41) is 12.3. The van der Waals surface area contributed by atoms with Crippen LogP contribution in [0.2, 0.25) is 0 Å². The number of aliphatic carboxylic acids is 1. The number of rotatable bonds is 7. The molecule has 0 bridgehead atoms. The fourth-order valence-electron chi connectivity index (χ4n) is 3.08. The first-order chi connectivity index (χ1) is 13.3. The smallest absolute Gasteiger partial charge is 0.352 e. The summed E-state index contributed by atoms with van der Waals surface area (Å²) < 4.78 is 9.09. The molecular weight excluding hydrogens is 408 g/mol. The second kappa shape index (κ2) is 7.92. The van der Waals surface area contributed by atoms with Gasteiger partial charge in [0, 0.05) is 18.2 Å². The van der Waals surface area contributed by atoms with Gasteiger partial charge in [-0.05, 0) is 18.4 Å². The Kier molecular flexibility index (Phi) is 5.75. The van der Waals surface area contributed by atoms with Crippen LogP contribution in [0.25, 0.3) is 0 Å². The van der Waals surface area contributed by atoms with Gasteiger partial charge in [-0.25, -0.2) is 4.79 Å². The molecule has 1 aromatic heterocycles. The van der Waals surface area contributed by atoms with Crippen LogP contribution in [0.1, 0.15) is 12.7 Å². The molecule has 2 atom stereocenters. The third-order valence-corrected chi connectivity index (χ3v) is 7.50. The van der Waals surface area contributed by atoms with E-state index in [1.54, 1.807) is 18.4 Å². The summed E-state index contributed by atoms with van der Waals surface area (Å²) in [6.07, 6.45) is 3.17. The molecule has 2 aliphatic rings. The number of carboxylic acids is 1. The van der Waals surface area contributed by atoms with E-state index in [1.165, 1.54) is 41.6 Å². The number of carbonyl (C=O) groups is 4. The number of amides is 2. The number of hydrogen-bond acceptors (Lipinski definition) is 8. The molecule has 1 unspecified atom stereocenters. The van der Waals surface area contributed by atoms with Gasteiger partial charge in [-0.1, -0.05) is 0 Å². The highest BCUT2D eigenvalue weighted by Crippen LogP contribution is 2.55. The molecule has 0 aliphatic carbocycles. The summed E-state index contributed by atoms with van der Waals surface area (Å²) in [4.78, 5) is 49.1. The Balaban J connectivity index is 1.82. The van der Waals surface area contributed by atoms with E-state index in [2.05, 4.69) is 5.32 Å². The molecule has 11 heteroatoms. The van der Waals surface area contributed by atoms with Crippen molar-refractivity contribution >= 4 is 47.3 Å². The van der Waals surface area contributed by atoms with Crippen molar-refractivity contribution in [1.82, 2.24) is 10.2 Å². The molecule has 3 rings (SSSR count). The third-order valence-electron chi connectivity index (χ3n) is 4.32. The first-order valence-corrected chi connectivity index (χ1v) is 10.4. The van der Waals surface area contributed by atoms with Crippen LogP contribution in [0.15, 0.2) is 34.1 Å². The van der Waals surface area contributed by atoms with Crippen LogP contribution in [-0.4, -0.2) is 62.6 Å². The van der Waals surface area contributed by atoms with Crippen LogP contribution < -0.4 is 5.32 Å². The predicted molar refractivity (Wildman–Crippen MR) is 101 cm³/mol. The summed E-state index contributed by atoms with van der Waals surface area (Å²) >= 11 is 2.60. The number of furan rings is 1. The molecule has 0 saturated carbocycles. The maximum atomic E-state index is 12.8. The van der Waals surface area contributed by atoms with Crippen molar-refractivity contribution in [2.45, 2.75) is 23.6 Å². The highest BCUT2D eigenvalue weighted by atomic mass is 32.2. The molecule has 2 amide bonds. The lowest BCUT2D eigenvalue weighted by Crippen LogP contribution is -2.77. The zero-order valence-electron chi connectivity index (χ0n) is 15.1. The Bertz CT molecular complexity index is 852. The number of thioether (sulfide) groups is 2. The topological polar surface area (TPSA) is 126 Å². The Labute approximate surface area is 168 Å². The fourth-order valence-corrected chi connectivity index (χ4v) is 5.73. The average Bonchev–Trinajstić information content (AvgIpc) is 3.15. The van der Waals surface area contributed by atoms with Crippen LogP contribution in [0.4, 0.5) is 0 Å². The lowest BCUT2D eigenvalue weighted by molar-refractivity contribution is -0.152. The minimum Gasteiger partial charge on any atom is -0.477 e. The summed E-state index contributed by atoms with van der Waals surface area (Å²) in [6.45, 7) is 1.02. The van der Waals surface area contributed by atoms with Gasteiger partial charge in [0.2, 0.25) is 5.91 Å². The highest BCUT2D eigenvalue weighted by Gasteiger charge is 2.65. The van der Waals surface area contributed by atoms with Crippen molar-refractivity contribution in [2.24, 2.45) is 0 Å². The number of hydrogen-bond donors (Lipinski definition) is 2. The van der Waals surface area contributed by atoms with E-state index < -0.39 is 34.0 Å². The minimum atomic E-state index is -1.28. The van der Waals surface area contributed by atoms with Gasteiger partial charge in [0.15, 0.2) is 10.2 Å². The van der Waals surface area contributed by atoms with Crippen LogP contribution in [0.5, 0.6) is 0 Å². The number of carboxylic acid groups (broad SMARTS) is 1. The second-order valence-corrected chi connectivity index (χ2v) is 8.58. The molecule has 3 heterocycles. The van der Waals surface area contributed by atoms with Crippen molar-refractivity contribution in [1.29, 1.82) is 0 Å². The Morgan fingerprint density at radius 2 is 2.25 bits per heavy atom. The van der Waals surface area contributed by atoms with Gasteiger partial charge in [0.1, 0.15) is 18.1 Å². The van der Waals surface area contributed by atoms with E-state index in [1.807, 2.05) is 0 Å². The monoisotopic (exact) mass is 426 g/mol. The van der Waals surface area contributed by atoms with Crippen molar-refractivity contribution in [2.75, 3.05) is 18.6 Å². The van der Waals surface area contributed by atoms with Gasteiger partial charge < -0.3 is 19.6 Å². The highest BCUT2D eigenvalue weighted by molar-refractivity contribution is 8.18. The summed E-state index contributed by atoms with van der Waals surface area (Å²) in [5.41, 5.74) is 0.141. The van der Waals surface area contributed by atoms with E-state index >= 15 is 0 Å². The normalized spacial score (nSPS) is 23.7. The maximum absolute atomic E-state index is 12.8. The molecule has 0 spiro atoms. The van der Waals surface area contributed by atoms with Gasteiger partial charge in [-0.3, -0.25) is 19.3 Å². The first kappa shape index (κ1) is 20.3. The zero-order valence-corrected chi connectivity index (χ0v) is 16.7. The fraction of sp³-hybridized carbons (Fsp3) is 0.412. The predicted octanol–water partition coefficient (Wildman–Crippen LogP) is 0.814.